The number of nitriles is 4. The maximum absolute atomic E-state index is 10.3. The Kier molecular flexibility index (Phi) is 17.3. The molecule has 9 nitrogen and oxygen atoms in total. The number of ether oxygens (including phenoxy) is 1. The number of phenols is 1. The molecule has 258 valence electrons. The minimum Gasteiger partial charge on any atom is -0.508 e. The summed E-state index contributed by atoms with van der Waals surface area (Å²) < 4.78 is 5.75. The first-order valence-corrected chi connectivity index (χ1v) is 14.6. The first-order valence-electron chi connectivity index (χ1n) is 14.6. The zero-order chi connectivity index (χ0) is 35.0. The predicted octanol–water partition coefficient (Wildman–Crippen LogP) is 11.2. The molecule has 0 atom stereocenters. The summed E-state index contributed by atoms with van der Waals surface area (Å²) in [6.45, 7) is 0. The largest absolute Gasteiger partial charge is 0.508 e. The van der Waals surface area contributed by atoms with Crippen LogP contribution in [0.3, 0.4) is 0 Å². The van der Waals surface area contributed by atoms with Gasteiger partial charge in [-0.05, 0) is 70.8 Å². The summed E-state index contributed by atoms with van der Waals surface area (Å²) in [7, 11) is 0. The van der Waals surface area contributed by atoms with Gasteiger partial charge in [0.25, 0.3) is 5.69 Å². The number of nitro benzene ring substituents is 1. The Bertz CT molecular complexity index is 2210. The summed E-state index contributed by atoms with van der Waals surface area (Å²) in [5, 5.41) is 54.4. The summed E-state index contributed by atoms with van der Waals surface area (Å²) in [6.07, 6.45) is 0. The molecule has 0 amide bonds. The molecule has 0 aliphatic heterocycles. The van der Waals surface area contributed by atoms with Gasteiger partial charge in [-0.15, -0.1) is 0 Å². The van der Waals surface area contributed by atoms with Crippen LogP contribution in [0, 0.1) is 55.4 Å². The molecule has 0 aliphatic carbocycles. The minimum absolute atomic E-state index is 0. The Morgan fingerprint density at radius 3 is 1.31 bits per heavy atom. The third-order valence-electron chi connectivity index (χ3n) is 6.86. The second kappa shape index (κ2) is 21.3. The average Bonchev–Trinajstić information content (AvgIpc) is 3.16. The zero-order valence-corrected chi connectivity index (χ0v) is 25.8. The van der Waals surface area contributed by atoms with Crippen molar-refractivity contribution in [1.29, 1.82) is 21.0 Å². The number of rotatable bonds is 5. The fourth-order valence-corrected chi connectivity index (χ4v) is 4.38. The van der Waals surface area contributed by atoms with Gasteiger partial charge in [-0.3, -0.25) is 10.1 Å². The number of nitro groups is 1. The van der Waals surface area contributed by atoms with Gasteiger partial charge in [-0.2, -0.15) is 21.0 Å². The van der Waals surface area contributed by atoms with Crippen molar-refractivity contribution in [3.8, 4) is 63.8 Å². The highest BCUT2D eigenvalue weighted by Crippen LogP contribution is 2.27. The molecule has 0 fully saturated rings. The van der Waals surface area contributed by atoms with E-state index >= 15 is 0 Å². The number of benzene rings is 6. The number of aromatic hydroxyl groups is 1. The lowest BCUT2D eigenvalue weighted by Crippen LogP contribution is -1.90. The highest BCUT2D eigenvalue weighted by atomic mass is 16.6. The van der Waals surface area contributed by atoms with Gasteiger partial charge in [0.15, 0.2) is 0 Å². The highest BCUT2D eigenvalue weighted by Gasteiger charge is 2.09. The van der Waals surface area contributed by atoms with Crippen molar-refractivity contribution in [2.75, 3.05) is 0 Å². The van der Waals surface area contributed by atoms with Crippen LogP contribution in [0.1, 0.15) is 44.5 Å². The van der Waals surface area contributed by atoms with E-state index in [0.717, 1.165) is 22.8 Å². The number of phenolic OH excluding ortho intramolecular Hbond substituents is 1. The van der Waals surface area contributed by atoms with Gasteiger partial charge in [-0.1, -0.05) is 107 Å². The molecule has 1 N–H and O–H groups in total. The fraction of sp³-hybridized carbons (Fsp3) is 0.0698. The lowest BCUT2D eigenvalue weighted by atomic mass is 10.1. The zero-order valence-electron chi connectivity index (χ0n) is 25.8. The van der Waals surface area contributed by atoms with Crippen LogP contribution >= 0.6 is 0 Å². The smallest absolute Gasteiger partial charge is 0.270 e. The molecule has 6 aromatic rings. The normalized spacial score (nSPS) is 8.85. The van der Waals surface area contributed by atoms with E-state index in [0.29, 0.717) is 28.4 Å². The average molecular weight is 688 g/mol. The van der Waals surface area contributed by atoms with E-state index in [-0.39, 0.29) is 39.1 Å². The standard InChI is InChI=1S/C20H12N2O.C12H10O.C8H3N3O2.3CH4/c21-13-17-8-11-20(12-18(17)14-22)23-19-9-6-16(7-10-19)15-4-2-1-3-5-15;13-12-8-6-11(7-9-12)10-4-2-1-3-5-10;9-4-6-1-2-8(11(12)13)3-7(6)5-10;;;/h1-12H;1-9,13H;1-3H;3*1H4. The van der Waals surface area contributed by atoms with Crippen LogP contribution in [0.25, 0.3) is 22.3 Å². The second-order valence-electron chi connectivity index (χ2n) is 10.0. The van der Waals surface area contributed by atoms with Gasteiger partial charge in [0.2, 0.25) is 0 Å². The SMILES string of the molecule is C.C.C.N#Cc1ccc(Oc2ccc(-c3ccccc3)cc2)cc1C#N.N#Cc1ccc([N+](=O)[O-])cc1C#N.Oc1ccc(-c2ccccc2)cc1. The van der Waals surface area contributed by atoms with Crippen molar-refractivity contribution in [2.24, 2.45) is 0 Å². The molecule has 0 bridgehead atoms. The third kappa shape index (κ3) is 11.8. The Morgan fingerprint density at radius 2 is 0.865 bits per heavy atom. The van der Waals surface area contributed by atoms with Crippen LogP contribution in [0.15, 0.2) is 146 Å². The quantitative estimate of drug-likeness (QED) is 0.138. The van der Waals surface area contributed by atoms with Crippen molar-refractivity contribution in [3.63, 3.8) is 0 Å². The molecule has 52 heavy (non-hydrogen) atoms. The van der Waals surface area contributed by atoms with Gasteiger partial charge in [0.05, 0.1) is 27.2 Å². The molecule has 0 aromatic heterocycles. The molecular formula is C43H37N5O4. The Hall–Kier alpha value is -7.72. The second-order valence-corrected chi connectivity index (χ2v) is 10.0. The molecule has 0 spiro atoms. The summed E-state index contributed by atoms with van der Waals surface area (Å²) in [6, 6.07) is 51.0. The van der Waals surface area contributed by atoms with E-state index in [1.165, 1.54) is 17.7 Å². The number of hydrogen-bond acceptors (Lipinski definition) is 8. The first kappa shape index (κ1) is 42.3. The van der Waals surface area contributed by atoms with E-state index in [9.17, 15) is 10.1 Å². The fourth-order valence-electron chi connectivity index (χ4n) is 4.38. The minimum atomic E-state index is -0.609. The Labute approximate surface area is 304 Å². The highest BCUT2D eigenvalue weighted by molar-refractivity contribution is 5.65. The Morgan fingerprint density at radius 1 is 0.481 bits per heavy atom. The van der Waals surface area contributed by atoms with Gasteiger partial charge < -0.3 is 9.84 Å². The van der Waals surface area contributed by atoms with Crippen molar-refractivity contribution < 1.29 is 14.8 Å². The summed E-state index contributed by atoms with van der Waals surface area (Å²) in [5.41, 5.74) is 5.19. The van der Waals surface area contributed by atoms with Gasteiger partial charge in [0, 0.05) is 12.1 Å². The van der Waals surface area contributed by atoms with Gasteiger partial charge in [-0.25, -0.2) is 0 Å². The van der Waals surface area contributed by atoms with Crippen LogP contribution in [0.5, 0.6) is 17.2 Å². The van der Waals surface area contributed by atoms with Crippen molar-refractivity contribution in [1.82, 2.24) is 0 Å². The van der Waals surface area contributed by atoms with E-state index in [1.54, 1.807) is 42.5 Å². The maximum Gasteiger partial charge on any atom is 0.270 e. The lowest BCUT2D eigenvalue weighted by molar-refractivity contribution is -0.384. The van der Waals surface area contributed by atoms with Crippen LogP contribution in [-0.2, 0) is 0 Å². The van der Waals surface area contributed by atoms with E-state index in [1.807, 2.05) is 97.1 Å². The lowest BCUT2D eigenvalue weighted by Gasteiger charge is -2.08. The van der Waals surface area contributed by atoms with Gasteiger partial charge >= 0.3 is 0 Å². The van der Waals surface area contributed by atoms with E-state index in [2.05, 4.69) is 12.1 Å². The van der Waals surface area contributed by atoms with Crippen LogP contribution < -0.4 is 4.74 Å². The van der Waals surface area contributed by atoms with Crippen LogP contribution in [0.2, 0.25) is 0 Å². The van der Waals surface area contributed by atoms with Crippen LogP contribution in [0.4, 0.5) is 5.69 Å². The van der Waals surface area contributed by atoms with Gasteiger partial charge in [0.1, 0.15) is 41.5 Å². The number of non-ortho nitro benzene ring substituents is 1. The van der Waals surface area contributed by atoms with Crippen molar-refractivity contribution in [2.45, 2.75) is 22.3 Å². The number of nitrogens with zero attached hydrogens (tertiary/aromatic N) is 5. The Balaban J connectivity index is 0.000000404. The summed E-state index contributed by atoms with van der Waals surface area (Å²) in [5.74, 6) is 1.52. The third-order valence-corrected chi connectivity index (χ3v) is 6.86. The topological polar surface area (TPSA) is 168 Å². The molecular weight excluding hydrogens is 651 g/mol. The predicted molar refractivity (Wildman–Crippen MR) is 204 cm³/mol. The monoisotopic (exact) mass is 687 g/mol. The first-order chi connectivity index (χ1) is 23.8. The van der Waals surface area contributed by atoms with Crippen molar-refractivity contribution in [3.05, 3.63) is 178 Å². The molecule has 0 saturated heterocycles. The maximum atomic E-state index is 10.3. The molecule has 6 rings (SSSR count). The number of hydrogen-bond donors (Lipinski definition) is 1. The molecule has 0 saturated carbocycles. The van der Waals surface area contributed by atoms with Crippen molar-refractivity contribution >= 4 is 5.69 Å². The molecule has 0 radical (unpaired) electrons. The molecule has 0 aliphatic rings. The van der Waals surface area contributed by atoms with Crippen LogP contribution in [-0.4, -0.2) is 10.0 Å². The summed E-state index contributed by atoms with van der Waals surface area (Å²) in [4.78, 5) is 9.67. The molecule has 0 unspecified atom stereocenters. The van der Waals surface area contributed by atoms with E-state index in [4.69, 9.17) is 30.9 Å². The molecule has 0 heterocycles. The van der Waals surface area contributed by atoms with E-state index < -0.39 is 4.92 Å². The molecule has 9 heteroatoms. The molecule has 6 aromatic carbocycles. The summed E-state index contributed by atoms with van der Waals surface area (Å²) >= 11 is 0.